The van der Waals surface area contributed by atoms with Gasteiger partial charge in [0, 0.05) is 12.7 Å². The van der Waals surface area contributed by atoms with Crippen LogP contribution in [0.25, 0.3) is 0 Å². The van der Waals surface area contributed by atoms with Gasteiger partial charge in [0.05, 0.1) is 10.0 Å². The second-order valence-corrected chi connectivity index (χ2v) is 6.07. The number of nitrogens with zero attached hydrogens (tertiary/aromatic N) is 1. The van der Waals surface area contributed by atoms with Gasteiger partial charge >= 0.3 is 0 Å². The van der Waals surface area contributed by atoms with Crippen molar-refractivity contribution in [1.82, 2.24) is 10.3 Å². The molecule has 19 heavy (non-hydrogen) atoms. The van der Waals surface area contributed by atoms with Crippen LogP contribution >= 0.6 is 35.4 Å². The van der Waals surface area contributed by atoms with Crippen LogP contribution in [0.15, 0.2) is 12.3 Å². The molecule has 0 atom stereocenters. The lowest BCUT2D eigenvalue weighted by atomic mass is 9.89. The van der Waals surface area contributed by atoms with Crippen molar-refractivity contribution in [3.05, 3.63) is 22.3 Å². The maximum atomic E-state index is 6.03. The number of hydrogen-bond donors (Lipinski definition) is 2. The number of aromatic nitrogens is 1. The fraction of sp³-hybridized carbons (Fsp3) is 0.538. The minimum atomic E-state index is 0.467. The van der Waals surface area contributed by atoms with Crippen LogP contribution in [0.5, 0.6) is 0 Å². The highest BCUT2D eigenvalue weighted by molar-refractivity contribution is 7.80. The number of pyridine rings is 1. The molecular formula is C13H17Cl2N3S. The Kier molecular flexibility index (Phi) is 5.67. The van der Waals surface area contributed by atoms with Crippen LogP contribution in [0.3, 0.4) is 0 Å². The molecule has 2 rings (SSSR count). The fourth-order valence-electron chi connectivity index (χ4n) is 2.29. The van der Waals surface area contributed by atoms with Gasteiger partial charge < -0.3 is 10.6 Å². The standard InChI is InChI=1S/C13H17Cl2N3S/c14-10-6-11(15)12(16-8-10)18-13(19)17-7-9-4-2-1-3-5-9/h6,8-9H,1-5,7H2,(H2,16,17,18,19). The minimum absolute atomic E-state index is 0.467. The molecule has 1 aliphatic carbocycles. The van der Waals surface area contributed by atoms with Crippen LogP contribution < -0.4 is 10.6 Å². The van der Waals surface area contributed by atoms with Crippen molar-refractivity contribution in [2.75, 3.05) is 11.9 Å². The number of hydrogen-bond acceptors (Lipinski definition) is 2. The average Bonchev–Trinajstić information content (AvgIpc) is 2.41. The van der Waals surface area contributed by atoms with Crippen molar-refractivity contribution in [2.24, 2.45) is 5.92 Å². The molecule has 104 valence electrons. The molecule has 6 heteroatoms. The molecule has 1 aromatic heterocycles. The van der Waals surface area contributed by atoms with Crippen LogP contribution in [0.2, 0.25) is 10.0 Å². The first kappa shape index (κ1) is 14.8. The van der Waals surface area contributed by atoms with Gasteiger partial charge in [-0.3, -0.25) is 0 Å². The normalized spacial score (nSPS) is 16.1. The van der Waals surface area contributed by atoms with Gasteiger partial charge in [-0.05, 0) is 37.0 Å². The van der Waals surface area contributed by atoms with Crippen molar-refractivity contribution in [3.63, 3.8) is 0 Å². The number of rotatable bonds is 3. The van der Waals surface area contributed by atoms with E-state index in [1.807, 2.05) is 0 Å². The van der Waals surface area contributed by atoms with E-state index in [-0.39, 0.29) is 0 Å². The zero-order valence-electron chi connectivity index (χ0n) is 10.6. The van der Waals surface area contributed by atoms with Crippen LogP contribution in [0.1, 0.15) is 32.1 Å². The molecule has 1 aliphatic rings. The predicted octanol–water partition coefficient (Wildman–Crippen LogP) is 4.26. The Balaban J connectivity index is 1.80. The predicted molar refractivity (Wildman–Crippen MR) is 85.1 cm³/mol. The summed E-state index contributed by atoms with van der Waals surface area (Å²) >= 11 is 17.1. The van der Waals surface area contributed by atoms with Crippen molar-refractivity contribution < 1.29 is 0 Å². The smallest absolute Gasteiger partial charge is 0.171 e. The highest BCUT2D eigenvalue weighted by Crippen LogP contribution is 2.24. The molecule has 2 N–H and O–H groups in total. The first-order chi connectivity index (χ1) is 9.15. The van der Waals surface area contributed by atoms with Gasteiger partial charge in [-0.25, -0.2) is 4.98 Å². The van der Waals surface area contributed by atoms with E-state index in [1.165, 1.54) is 32.1 Å². The molecule has 1 fully saturated rings. The summed E-state index contributed by atoms with van der Waals surface area (Å²) in [5, 5.41) is 7.76. The summed E-state index contributed by atoms with van der Waals surface area (Å²) in [4.78, 5) is 4.11. The molecule has 0 aliphatic heterocycles. The Bertz CT molecular complexity index is 448. The van der Waals surface area contributed by atoms with E-state index in [4.69, 9.17) is 35.4 Å². The zero-order valence-corrected chi connectivity index (χ0v) is 12.9. The minimum Gasteiger partial charge on any atom is -0.362 e. The zero-order chi connectivity index (χ0) is 13.7. The van der Waals surface area contributed by atoms with Crippen LogP contribution in [-0.4, -0.2) is 16.6 Å². The van der Waals surface area contributed by atoms with E-state index in [9.17, 15) is 0 Å². The largest absolute Gasteiger partial charge is 0.362 e. The molecule has 0 spiro atoms. The Morgan fingerprint density at radius 1 is 1.32 bits per heavy atom. The number of anilines is 1. The molecule has 3 nitrogen and oxygen atoms in total. The van der Waals surface area contributed by atoms with E-state index in [1.54, 1.807) is 12.3 Å². The van der Waals surface area contributed by atoms with Gasteiger partial charge in [0.1, 0.15) is 0 Å². The molecule has 1 heterocycles. The van der Waals surface area contributed by atoms with Crippen molar-refractivity contribution in [1.29, 1.82) is 0 Å². The average molecular weight is 318 g/mol. The molecular weight excluding hydrogens is 301 g/mol. The van der Waals surface area contributed by atoms with E-state index >= 15 is 0 Å². The summed E-state index contributed by atoms with van der Waals surface area (Å²) in [7, 11) is 0. The lowest BCUT2D eigenvalue weighted by molar-refractivity contribution is 0.357. The Morgan fingerprint density at radius 3 is 2.74 bits per heavy atom. The maximum absolute atomic E-state index is 6.03. The monoisotopic (exact) mass is 317 g/mol. The quantitative estimate of drug-likeness (QED) is 0.817. The van der Waals surface area contributed by atoms with Gasteiger partial charge in [-0.2, -0.15) is 0 Å². The van der Waals surface area contributed by atoms with Gasteiger partial charge in [0.2, 0.25) is 0 Å². The van der Waals surface area contributed by atoms with Crippen LogP contribution in [0.4, 0.5) is 5.82 Å². The maximum Gasteiger partial charge on any atom is 0.171 e. The first-order valence-electron chi connectivity index (χ1n) is 6.51. The Labute approximate surface area is 129 Å². The summed E-state index contributed by atoms with van der Waals surface area (Å²) in [5.41, 5.74) is 0. The van der Waals surface area contributed by atoms with Crippen LogP contribution in [0, 0.1) is 5.92 Å². The van der Waals surface area contributed by atoms with Crippen molar-refractivity contribution >= 4 is 46.4 Å². The van der Waals surface area contributed by atoms with E-state index < -0.39 is 0 Å². The third-order valence-electron chi connectivity index (χ3n) is 3.32. The van der Waals surface area contributed by atoms with E-state index in [0.29, 0.717) is 21.0 Å². The summed E-state index contributed by atoms with van der Waals surface area (Å²) in [6.07, 6.45) is 8.14. The second kappa shape index (κ2) is 7.27. The molecule has 0 bridgehead atoms. The van der Waals surface area contributed by atoms with Crippen molar-refractivity contribution in [3.8, 4) is 0 Å². The van der Waals surface area contributed by atoms with Crippen molar-refractivity contribution in [2.45, 2.75) is 32.1 Å². The first-order valence-corrected chi connectivity index (χ1v) is 7.67. The number of nitrogens with one attached hydrogen (secondary N) is 2. The van der Waals surface area contributed by atoms with E-state index in [0.717, 1.165) is 12.5 Å². The number of halogens is 2. The second-order valence-electron chi connectivity index (χ2n) is 4.82. The van der Waals surface area contributed by atoms with Crippen LogP contribution in [-0.2, 0) is 0 Å². The van der Waals surface area contributed by atoms with E-state index in [2.05, 4.69) is 15.6 Å². The lowest BCUT2D eigenvalue weighted by Crippen LogP contribution is -2.33. The molecule has 0 saturated heterocycles. The summed E-state index contributed by atoms with van der Waals surface area (Å²) < 4.78 is 0. The molecule has 1 saturated carbocycles. The molecule has 1 aromatic rings. The Hall–Kier alpha value is -0.580. The summed E-state index contributed by atoms with van der Waals surface area (Å²) in [6.45, 7) is 0.914. The third-order valence-corrected chi connectivity index (χ3v) is 4.06. The molecule has 0 aromatic carbocycles. The topological polar surface area (TPSA) is 37.0 Å². The SMILES string of the molecule is S=C(NCC1CCCCC1)Nc1ncc(Cl)cc1Cl. The summed E-state index contributed by atoms with van der Waals surface area (Å²) in [6, 6.07) is 1.64. The highest BCUT2D eigenvalue weighted by atomic mass is 35.5. The van der Waals surface area contributed by atoms with Gasteiger partial charge in [0.25, 0.3) is 0 Å². The Morgan fingerprint density at radius 2 is 2.05 bits per heavy atom. The third kappa shape index (κ3) is 4.79. The summed E-state index contributed by atoms with van der Waals surface area (Å²) in [5.74, 6) is 1.26. The molecule has 0 radical (unpaired) electrons. The molecule has 0 unspecified atom stereocenters. The number of thiocarbonyl (C=S) groups is 1. The lowest BCUT2D eigenvalue weighted by Gasteiger charge is -2.22. The van der Waals surface area contributed by atoms with Gasteiger partial charge in [0.15, 0.2) is 10.9 Å². The highest BCUT2D eigenvalue weighted by Gasteiger charge is 2.13. The van der Waals surface area contributed by atoms with Gasteiger partial charge in [-0.15, -0.1) is 0 Å². The molecule has 0 amide bonds. The van der Waals surface area contributed by atoms with Gasteiger partial charge in [-0.1, -0.05) is 42.5 Å². The fourth-order valence-corrected chi connectivity index (χ4v) is 2.89.